The van der Waals surface area contributed by atoms with E-state index in [2.05, 4.69) is 41.1 Å². The van der Waals surface area contributed by atoms with Crippen LogP contribution in [-0.4, -0.2) is 5.78 Å². The van der Waals surface area contributed by atoms with Gasteiger partial charge in [-0.05, 0) is 12.1 Å². The number of fused-ring (bicyclic) bond motifs is 3. The van der Waals surface area contributed by atoms with Crippen LogP contribution in [0.1, 0.15) is 13.3 Å². The number of ketones is 1. The van der Waals surface area contributed by atoms with Crippen molar-refractivity contribution in [3.63, 3.8) is 0 Å². The Morgan fingerprint density at radius 3 is 2.47 bits per heavy atom. The van der Waals surface area contributed by atoms with Crippen molar-refractivity contribution in [1.82, 2.24) is 0 Å². The van der Waals surface area contributed by atoms with E-state index in [0.717, 1.165) is 5.52 Å². The standard InChI is InChI=1S/C17H16NO/c1-2-14(19)12-18-11-13-7-3-4-8-15(13)16-9-5-6-10-17(16)18/h3-11H,2,12H2,1H3/q+1. The Kier molecular flexibility index (Phi) is 3.00. The summed E-state index contributed by atoms with van der Waals surface area (Å²) < 4.78 is 2.06. The maximum absolute atomic E-state index is 11.7. The SMILES string of the molecule is CCC(=O)C[n+]1cc2ccccc2c2ccccc21. The van der Waals surface area contributed by atoms with Gasteiger partial charge in [0, 0.05) is 23.3 Å². The van der Waals surface area contributed by atoms with Crippen LogP contribution >= 0.6 is 0 Å². The lowest BCUT2D eigenvalue weighted by Gasteiger charge is -2.04. The van der Waals surface area contributed by atoms with Gasteiger partial charge in [-0.25, -0.2) is 0 Å². The summed E-state index contributed by atoms with van der Waals surface area (Å²) in [5.41, 5.74) is 1.11. The molecular formula is C17H16NO+. The number of para-hydroxylation sites is 1. The molecule has 2 nitrogen and oxygen atoms in total. The van der Waals surface area contributed by atoms with Crippen LogP contribution in [0.25, 0.3) is 21.7 Å². The van der Waals surface area contributed by atoms with Crippen LogP contribution in [0.4, 0.5) is 0 Å². The minimum absolute atomic E-state index is 0.255. The van der Waals surface area contributed by atoms with Gasteiger partial charge in [0.2, 0.25) is 12.1 Å². The summed E-state index contributed by atoms with van der Waals surface area (Å²) in [6.07, 6.45) is 2.65. The highest BCUT2D eigenvalue weighted by molar-refractivity contribution is 6.03. The largest absolute Gasteiger partial charge is 0.293 e. The number of nitrogens with zero attached hydrogens (tertiary/aromatic N) is 1. The molecule has 94 valence electrons. The van der Waals surface area contributed by atoms with Crippen molar-refractivity contribution in [1.29, 1.82) is 0 Å². The second-order valence-corrected chi connectivity index (χ2v) is 4.75. The number of pyridine rings is 1. The lowest BCUT2D eigenvalue weighted by molar-refractivity contribution is -0.657. The number of aromatic nitrogens is 1. The minimum Gasteiger partial charge on any atom is -0.293 e. The molecule has 0 spiro atoms. The quantitative estimate of drug-likeness (QED) is 0.516. The molecule has 0 saturated heterocycles. The fraction of sp³-hybridized carbons (Fsp3) is 0.176. The topological polar surface area (TPSA) is 20.9 Å². The van der Waals surface area contributed by atoms with Gasteiger partial charge in [-0.3, -0.25) is 4.79 Å². The second kappa shape index (κ2) is 4.81. The van der Waals surface area contributed by atoms with Gasteiger partial charge < -0.3 is 0 Å². The summed E-state index contributed by atoms with van der Waals surface area (Å²) in [4.78, 5) is 11.7. The van der Waals surface area contributed by atoms with Gasteiger partial charge in [-0.15, -0.1) is 0 Å². The molecule has 1 aromatic heterocycles. The monoisotopic (exact) mass is 250 g/mol. The van der Waals surface area contributed by atoms with Crippen molar-refractivity contribution in [2.75, 3.05) is 0 Å². The molecule has 1 heterocycles. The first kappa shape index (κ1) is 11.8. The third-order valence-electron chi connectivity index (χ3n) is 3.50. The van der Waals surface area contributed by atoms with Gasteiger partial charge in [0.05, 0.1) is 5.39 Å². The third kappa shape index (κ3) is 2.10. The lowest BCUT2D eigenvalue weighted by Crippen LogP contribution is -2.38. The molecule has 0 aliphatic rings. The van der Waals surface area contributed by atoms with Crippen molar-refractivity contribution >= 4 is 27.5 Å². The van der Waals surface area contributed by atoms with E-state index >= 15 is 0 Å². The Morgan fingerprint density at radius 2 is 1.68 bits per heavy atom. The molecule has 0 aliphatic carbocycles. The Balaban J connectivity index is 2.32. The van der Waals surface area contributed by atoms with Crippen LogP contribution in [0.3, 0.4) is 0 Å². The van der Waals surface area contributed by atoms with Crippen LogP contribution in [0.5, 0.6) is 0 Å². The number of Topliss-reactive ketones (excluding diaryl/α,β-unsaturated/α-hetero) is 1. The zero-order valence-electron chi connectivity index (χ0n) is 11.0. The summed E-state index contributed by atoms with van der Waals surface area (Å²) in [5.74, 6) is 0.255. The molecule has 2 aromatic carbocycles. The normalized spacial score (nSPS) is 11.0. The van der Waals surface area contributed by atoms with Crippen LogP contribution in [0, 0.1) is 0 Å². The molecule has 0 atom stereocenters. The summed E-state index contributed by atoms with van der Waals surface area (Å²) in [6.45, 7) is 2.36. The van der Waals surface area contributed by atoms with Gasteiger partial charge in [-0.2, -0.15) is 4.57 Å². The smallest absolute Gasteiger partial charge is 0.213 e. The minimum atomic E-state index is 0.255. The first-order valence-corrected chi connectivity index (χ1v) is 6.61. The molecule has 0 aliphatic heterocycles. The van der Waals surface area contributed by atoms with Crippen molar-refractivity contribution in [3.8, 4) is 0 Å². The molecule has 3 aromatic rings. The first-order valence-electron chi connectivity index (χ1n) is 6.61. The van der Waals surface area contributed by atoms with E-state index in [1.165, 1.54) is 16.2 Å². The van der Waals surface area contributed by atoms with E-state index in [9.17, 15) is 4.79 Å². The molecule has 3 rings (SSSR count). The van der Waals surface area contributed by atoms with Crippen molar-refractivity contribution in [2.45, 2.75) is 19.9 Å². The van der Waals surface area contributed by atoms with Gasteiger partial charge in [0.15, 0.2) is 12.0 Å². The summed E-state index contributed by atoms with van der Waals surface area (Å²) >= 11 is 0. The van der Waals surface area contributed by atoms with E-state index < -0.39 is 0 Å². The van der Waals surface area contributed by atoms with Gasteiger partial charge >= 0.3 is 0 Å². The Labute approximate surface area is 112 Å². The Morgan fingerprint density at radius 1 is 1.00 bits per heavy atom. The Hall–Kier alpha value is -2.22. The molecule has 19 heavy (non-hydrogen) atoms. The van der Waals surface area contributed by atoms with Gasteiger partial charge in [0.1, 0.15) is 0 Å². The Bertz CT molecular complexity index is 761. The molecule has 0 fully saturated rings. The number of carbonyl (C=O) groups excluding carboxylic acids is 1. The van der Waals surface area contributed by atoms with E-state index in [1.807, 2.05) is 25.1 Å². The van der Waals surface area contributed by atoms with Crippen LogP contribution in [0.2, 0.25) is 0 Å². The summed E-state index contributed by atoms with van der Waals surface area (Å²) in [6, 6.07) is 16.6. The highest BCUT2D eigenvalue weighted by Crippen LogP contribution is 2.21. The summed E-state index contributed by atoms with van der Waals surface area (Å²) in [5, 5.41) is 3.60. The average molecular weight is 250 g/mol. The first-order chi connectivity index (χ1) is 9.29. The highest BCUT2D eigenvalue weighted by Gasteiger charge is 2.14. The second-order valence-electron chi connectivity index (χ2n) is 4.75. The van der Waals surface area contributed by atoms with Gasteiger partial charge in [-0.1, -0.05) is 37.3 Å². The molecule has 0 radical (unpaired) electrons. The van der Waals surface area contributed by atoms with Crippen molar-refractivity contribution in [2.24, 2.45) is 0 Å². The number of hydrogen-bond acceptors (Lipinski definition) is 1. The molecule has 2 heteroatoms. The average Bonchev–Trinajstić information content (AvgIpc) is 2.47. The van der Waals surface area contributed by atoms with Crippen molar-refractivity contribution in [3.05, 3.63) is 54.7 Å². The molecule has 0 bridgehead atoms. The fourth-order valence-electron chi connectivity index (χ4n) is 2.48. The predicted molar refractivity (Wildman–Crippen MR) is 76.9 cm³/mol. The zero-order chi connectivity index (χ0) is 13.2. The molecule has 0 amide bonds. The van der Waals surface area contributed by atoms with E-state index in [-0.39, 0.29) is 5.78 Å². The van der Waals surface area contributed by atoms with Crippen LogP contribution < -0.4 is 4.57 Å². The maximum atomic E-state index is 11.7. The molecule has 0 saturated carbocycles. The predicted octanol–water partition coefficient (Wildman–Crippen LogP) is 3.26. The van der Waals surface area contributed by atoms with Crippen LogP contribution in [0.15, 0.2) is 54.7 Å². The van der Waals surface area contributed by atoms with E-state index in [0.29, 0.717) is 13.0 Å². The fourth-order valence-corrected chi connectivity index (χ4v) is 2.48. The van der Waals surface area contributed by atoms with Gasteiger partial charge in [0.25, 0.3) is 0 Å². The third-order valence-corrected chi connectivity index (χ3v) is 3.50. The van der Waals surface area contributed by atoms with Crippen molar-refractivity contribution < 1.29 is 9.36 Å². The zero-order valence-corrected chi connectivity index (χ0v) is 11.0. The highest BCUT2D eigenvalue weighted by atomic mass is 16.1. The number of carbonyl (C=O) groups is 1. The summed E-state index contributed by atoms with van der Waals surface area (Å²) in [7, 11) is 0. The van der Waals surface area contributed by atoms with Crippen LogP contribution in [-0.2, 0) is 11.3 Å². The van der Waals surface area contributed by atoms with E-state index in [4.69, 9.17) is 0 Å². The number of rotatable bonds is 3. The number of benzene rings is 2. The van der Waals surface area contributed by atoms with E-state index in [1.54, 1.807) is 0 Å². The molecular weight excluding hydrogens is 234 g/mol. The molecule has 0 N–H and O–H groups in total. The number of hydrogen-bond donors (Lipinski definition) is 0. The lowest BCUT2D eigenvalue weighted by atomic mass is 10.1. The molecule has 0 unspecified atom stereocenters. The maximum Gasteiger partial charge on any atom is 0.213 e.